The number of hydrogen-bond donors (Lipinski definition) is 3. The van der Waals surface area contributed by atoms with Gasteiger partial charge in [0.2, 0.25) is 5.16 Å². The summed E-state index contributed by atoms with van der Waals surface area (Å²) in [7, 11) is 0. The van der Waals surface area contributed by atoms with Gasteiger partial charge in [0.25, 0.3) is 6.17 Å². The number of ether oxygens (including phenoxy) is 1. The van der Waals surface area contributed by atoms with Crippen LogP contribution in [0.5, 0.6) is 5.75 Å². The number of halogens is 1. The van der Waals surface area contributed by atoms with Crippen molar-refractivity contribution in [3.8, 4) is 17.0 Å². The summed E-state index contributed by atoms with van der Waals surface area (Å²) in [6.45, 7) is 1.70. The van der Waals surface area contributed by atoms with Crippen LogP contribution >= 0.6 is 27.7 Å². The molecule has 0 unspecified atom stereocenters. The molecule has 34 heavy (non-hydrogen) atoms. The summed E-state index contributed by atoms with van der Waals surface area (Å²) in [4.78, 5) is 27.3. The molecular weight excluding hydrogens is 520 g/mol. The number of fused-ring (bicyclic) bond motifs is 3. The van der Waals surface area contributed by atoms with Crippen LogP contribution in [0.3, 0.4) is 0 Å². The zero-order chi connectivity index (χ0) is 24.1. The van der Waals surface area contributed by atoms with E-state index in [1.54, 1.807) is 16.8 Å². The van der Waals surface area contributed by atoms with Crippen LogP contribution in [0.25, 0.3) is 11.3 Å². The van der Waals surface area contributed by atoms with Gasteiger partial charge in [0, 0.05) is 15.3 Å². The third-order valence-electron chi connectivity index (χ3n) is 5.44. The van der Waals surface area contributed by atoms with Gasteiger partial charge >= 0.3 is 17.2 Å². The first-order chi connectivity index (χ1) is 16.5. The number of unbranched alkanes of at least 4 members (excludes halogenated alkanes) is 3. The van der Waals surface area contributed by atoms with Crippen molar-refractivity contribution in [3.63, 3.8) is 0 Å². The highest BCUT2D eigenvalue weighted by molar-refractivity contribution is 9.10. The van der Waals surface area contributed by atoms with Crippen molar-refractivity contribution in [2.75, 3.05) is 17.7 Å². The lowest BCUT2D eigenvalue weighted by atomic mass is 10.0. The van der Waals surface area contributed by atoms with E-state index in [-0.39, 0.29) is 5.56 Å². The van der Waals surface area contributed by atoms with Gasteiger partial charge in [-0.25, -0.2) is 4.79 Å². The van der Waals surface area contributed by atoms with E-state index in [1.807, 2.05) is 30.3 Å². The van der Waals surface area contributed by atoms with Gasteiger partial charge in [-0.15, -0.1) is 0 Å². The lowest BCUT2D eigenvalue weighted by molar-refractivity contribution is -0.759. The lowest BCUT2D eigenvalue weighted by Gasteiger charge is -2.23. The molecule has 178 valence electrons. The van der Waals surface area contributed by atoms with E-state index in [2.05, 4.69) is 33.2 Å². The first-order valence-electron chi connectivity index (χ1n) is 11.2. The van der Waals surface area contributed by atoms with E-state index in [9.17, 15) is 9.59 Å². The summed E-state index contributed by atoms with van der Waals surface area (Å²) in [6.07, 6.45) is 3.97. The Morgan fingerprint density at radius 3 is 2.85 bits per heavy atom. The first-order valence-corrected chi connectivity index (χ1v) is 12.9. The molecule has 0 radical (unpaired) electrons. The van der Waals surface area contributed by atoms with E-state index in [0.717, 1.165) is 34.3 Å². The van der Waals surface area contributed by atoms with Crippen molar-refractivity contribution in [3.05, 3.63) is 62.9 Å². The molecule has 1 aliphatic rings. The fraction of sp³-hybridized carbons (Fsp3) is 0.333. The van der Waals surface area contributed by atoms with Crippen molar-refractivity contribution >= 4 is 39.3 Å². The number of benzene rings is 2. The average Bonchev–Trinajstić information content (AvgIpc) is 2.82. The number of carboxylic acid groups (broad SMARTS) is 1. The third kappa shape index (κ3) is 5.44. The topological polar surface area (TPSA) is 108 Å². The van der Waals surface area contributed by atoms with Crippen LogP contribution < -0.4 is 20.3 Å². The number of aliphatic carboxylic acids is 1. The standard InChI is InChI=1S/C24H25BrN4O4S/c1-2-3-4-7-12-34-24-27-23(32)21-16-8-5-6-9-18(16)26-22(29(21)28-24)17-13-15(25)10-11-19(17)33-14-20(30)31/h5-6,8-11,13,22H,2-4,7,12,14H2,1H3,(H2,27,28,30,31,32)/p+1/t22-/m0/s1. The number of rotatable bonds is 10. The van der Waals surface area contributed by atoms with E-state index in [4.69, 9.17) is 14.9 Å². The van der Waals surface area contributed by atoms with Crippen LogP contribution in [0.1, 0.15) is 44.3 Å². The predicted molar refractivity (Wildman–Crippen MR) is 134 cm³/mol. The summed E-state index contributed by atoms with van der Waals surface area (Å²) in [5.74, 6) is 0.192. The van der Waals surface area contributed by atoms with Gasteiger partial charge in [0.05, 0.1) is 16.8 Å². The number of H-pyrrole nitrogens is 1. The fourth-order valence-electron chi connectivity index (χ4n) is 3.87. The highest BCUT2D eigenvalue weighted by Crippen LogP contribution is 2.35. The minimum Gasteiger partial charge on any atom is -0.481 e. The van der Waals surface area contributed by atoms with Gasteiger partial charge in [-0.1, -0.05) is 66.0 Å². The number of hydrogen-bond acceptors (Lipinski definition) is 6. The molecule has 2 heterocycles. The third-order valence-corrected chi connectivity index (χ3v) is 6.88. The summed E-state index contributed by atoms with van der Waals surface area (Å²) in [5, 5.41) is 17.9. The lowest BCUT2D eigenvalue weighted by Crippen LogP contribution is -2.55. The number of carboxylic acids is 1. The Hall–Kier alpha value is -2.85. The maximum Gasteiger partial charge on any atom is 0.341 e. The van der Waals surface area contributed by atoms with Crippen molar-refractivity contribution in [2.24, 2.45) is 0 Å². The SMILES string of the molecule is CCCCCCSc1n[n+]2c(c(=O)[nH]1)-c1ccccc1N[C@@H]2c1cc(Br)ccc1OCC(=O)O. The minimum atomic E-state index is -1.07. The number of nitrogens with zero attached hydrogens (tertiary/aromatic N) is 2. The van der Waals surface area contributed by atoms with E-state index in [0.29, 0.717) is 22.2 Å². The van der Waals surface area contributed by atoms with E-state index < -0.39 is 18.7 Å². The van der Waals surface area contributed by atoms with Gasteiger partial charge in [-0.05, 0) is 41.4 Å². The highest BCUT2D eigenvalue weighted by Gasteiger charge is 2.39. The largest absolute Gasteiger partial charge is 0.481 e. The van der Waals surface area contributed by atoms with Gasteiger partial charge in [-0.2, -0.15) is 0 Å². The molecule has 3 N–H and O–H groups in total. The Bertz CT molecular complexity index is 1250. The second kappa shape index (κ2) is 11.1. The van der Waals surface area contributed by atoms with Gasteiger partial charge in [0.1, 0.15) is 5.75 Å². The van der Waals surface area contributed by atoms with Crippen LogP contribution in [0.2, 0.25) is 0 Å². The Morgan fingerprint density at radius 1 is 1.24 bits per heavy atom. The second-order valence-electron chi connectivity index (χ2n) is 7.92. The summed E-state index contributed by atoms with van der Waals surface area (Å²) in [5.41, 5.74) is 2.39. The molecule has 0 bridgehead atoms. The van der Waals surface area contributed by atoms with Crippen LogP contribution in [0.4, 0.5) is 5.69 Å². The molecule has 8 nitrogen and oxygen atoms in total. The minimum absolute atomic E-state index is 0.229. The van der Waals surface area contributed by atoms with Crippen LogP contribution in [-0.4, -0.2) is 33.5 Å². The Kier molecular flexibility index (Phi) is 7.89. The molecule has 0 fully saturated rings. The fourth-order valence-corrected chi connectivity index (χ4v) is 5.10. The molecule has 3 aromatic rings. The smallest absolute Gasteiger partial charge is 0.341 e. The maximum atomic E-state index is 13.3. The summed E-state index contributed by atoms with van der Waals surface area (Å²) in [6, 6.07) is 12.9. The number of nitrogens with one attached hydrogen (secondary N) is 2. The highest BCUT2D eigenvalue weighted by atomic mass is 79.9. The van der Waals surface area contributed by atoms with Crippen molar-refractivity contribution < 1.29 is 19.3 Å². The van der Waals surface area contributed by atoms with Crippen molar-refractivity contribution in [1.29, 1.82) is 0 Å². The zero-order valence-electron chi connectivity index (χ0n) is 18.7. The monoisotopic (exact) mass is 545 g/mol. The van der Waals surface area contributed by atoms with E-state index in [1.165, 1.54) is 24.6 Å². The second-order valence-corrected chi connectivity index (χ2v) is 9.92. The molecule has 0 saturated carbocycles. The first kappa shape index (κ1) is 24.3. The van der Waals surface area contributed by atoms with Gasteiger partial charge in [0.15, 0.2) is 6.61 Å². The quantitative estimate of drug-likeness (QED) is 0.194. The Morgan fingerprint density at radius 2 is 2.06 bits per heavy atom. The van der Waals surface area contributed by atoms with Gasteiger partial charge < -0.3 is 15.2 Å². The number of para-hydroxylation sites is 1. The molecule has 1 aliphatic heterocycles. The van der Waals surface area contributed by atoms with E-state index >= 15 is 0 Å². The number of carbonyl (C=O) groups is 1. The number of thioether (sulfide) groups is 1. The number of anilines is 1. The molecular formula is C24H26BrN4O4S+. The normalized spacial score (nSPS) is 14.1. The Balaban J connectivity index is 1.77. The zero-order valence-corrected chi connectivity index (χ0v) is 21.1. The number of aromatic amines is 1. The Labute approximate surface area is 209 Å². The molecule has 0 aliphatic carbocycles. The molecule has 4 rings (SSSR count). The molecule has 0 saturated heterocycles. The molecule has 10 heteroatoms. The molecule has 0 amide bonds. The van der Waals surface area contributed by atoms with Crippen LogP contribution in [0, 0.1) is 0 Å². The van der Waals surface area contributed by atoms with Gasteiger partial charge in [-0.3, -0.25) is 9.78 Å². The van der Waals surface area contributed by atoms with Crippen LogP contribution in [0.15, 0.2) is 56.9 Å². The summed E-state index contributed by atoms with van der Waals surface area (Å²) >= 11 is 5.02. The molecule has 1 atom stereocenters. The van der Waals surface area contributed by atoms with Crippen LogP contribution in [-0.2, 0) is 4.79 Å². The average molecular weight is 546 g/mol. The number of aromatic nitrogens is 3. The molecule has 1 aromatic heterocycles. The molecule has 2 aromatic carbocycles. The van der Waals surface area contributed by atoms with Crippen molar-refractivity contribution in [2.45, 2.75) is 43.9 Å². The maximum absolute atomic E-state index is 13.3. The summed E-state index contributed by atoms with van der Waals surface area (Å²) < 4.78 is 8.05. The predicted octanol–water partition coefficient (Wildman–Crippen LogP) is 4.60. The molecule has 0 spiro atoms. The van der Waals surface area contributed by atoms with Crippen molar-refractivity contribution in [1.82, 2.24) is 10.1 Å².